The first-order valence-electron chi connectivity index (χ1n) is 4.62. The van der Waals surface area contributed by atoms with Crippen LogP contribution in [0.4, 0.5) is 5.69 Å². The Morgan fingerprint density at radius 1 is 1.31 bits per heavy atom. The van der Waals surface area contributed by atoms with Gasteiger partial charge in [-0.1, -0.05) is 22.0 Å². The Morgan fingerprint density at radius 2 is 2.06 bits per heavy atom. The van der Waals surface area contributed by atoms with Crippen molar-refractivity contribution in [1.29, 1.82) is 0 Å². The van der Waals surface area contributed by atoms with E-state index in [1.807, 2.05) is 12.1 Å². The molecule has 0 aliphatic carbocycles. The summed E-state index contributed by atoms with van der Waals surface area (Å²) in [6, 6.07) is 7.24. The summed E-state index contributed by atoms with van der Waals surface area (Å²) in [7, 11) is 0. The molecular weight excluding hydrogens is 274 g/mol. The molecule has 0 aliphatic rings. The van der Waals surface area contributed by atoms with Gasteiger partial charge in [0, 0.05) is 10.2 Å². The predicted molar refractivity (Wildman–Crippen MR) is 64.8 cm³/mol. The van der Waals surface area contributed by atoms with E-state index in [-0.39, 0.29) is 19.0 Å². The van der Waals surface area contributed by atoms with E-state index in [9.17, 15) is 9.59 Å². The SMILES string of the molecule is NC(=O)CNCC(=O)Nc1cccc(Br)c1. The molecule has 0 saturated carbocycles. The van der Waals surface area contributed by atoms with E-state index in [1.165, 1.54) is 0 Å². The van der Waals surface area contributed by atoms with Crippen LogP contribution in [-0.4, -0.2) is 24.9 Å². The molecule has 0 aromatic heterocycles. The molecule has 0 aliphatic heterocycles. The second-order valence-corrected chi connectivity index (χ2v) is 4.04. The third kappa shape index (κ3) is 4.90. The molecule has 0 heterocycles. The van der Waals surface area contributed by atoms with E-state index in [0.29, 0.717) is 5.69 Å². The maximum absolute atomic E-state index is 11.4. The first kappa shape index (κ1) is 12.7. The Kier molecular flexibility index (Phi) is 4.94. The van der Waals surface area contributed by atoms with Gasteiger partial charge >= 0.3 is 0 Å². The molecule has 6 heteroatoms. The lowest BCUT2D eigenvalue weighted by Gasteiger charge is -2.05. The van der Waals surface area contributed by atoms with E-state index < -0.39 is 5.91 Å². The van der Waals surface area contributed by atoms with Crippen LogP contribution in [0.3, 0.4) is 0 Å². The first-order chi connectivity index (χ1) is 7.58. The smallest absolute Gasteiger partial charge is 0.238 e. The molecule has 0 radical (unpaired) electrons. The van der Waals surface area contributed by atoms with Gasteiger partial charge in [-0.2, -0.15) is 0 Å². The minimum absolute atomic E-state index is 0.00803. The Balaban J connectivity index is 2.37. The van der Waals surface area contributed by atoms with Crippen LogP contribution >= 0.6 is 15.9 Å². The summed E-state index contributed by atoms with van der Waals surface area (Å²) in [5, 5.41) is 5.29. The second-order valence-electron chi connectivity index (χ2n) is 3.13. The van der Waals surface area contributed by atoms with E-state index in [2.05, 4.69) is 26.6 Å². The van der Waals surface area contributed by atoms with E-state index in [1.54, 1.807) is 12.1 Å². The molecule has 1 aromatic carbocycles. The van der Waals surface area contributed by atoms with Gasteiger partial charge in [0.25, 0.3) is 0 Å². The fraction of sp³-hybridized carbons (Fsp3) is 0.200. The molecule has 2 amide bonds. The number of carbonyl (C=O) groups excluding carboxylic acids is 2. The highest BCUT2D eigenvalue weighted by molar-refractivity contribution is 9.10. The summed E-state index contributed by atoms with van der Waals surface area (Å²) in [6.07, 6.45) is 0. The number of halogens is 1. The van der Waals surface area contributed by atoms with Crippen LogP contribution in [0.2, 0.25) is 0 Å². The summed E-state index contributed by atoms with van der Waals surface area (Å²) in [4.78, 5) is 21.8. The van der Waals surface area contributed by atoms with Crippen LogP contribution in [0.5, 0.6) is 0 Å². The van der Waals surface area contributed by atoms with Crippen molar-refractivity contribution in [3.8, 4) is 0 Å². The van der Waals surface area contributed by atoms with Crippen molar-refractivity contribution in [2.24, 2.45) is 5.73 Å². The second kappa shape index (κ2) is 6.24. The molecule has 16 heavy (non-hydrogen) atoms. The lowest BCUT2D eigenvalue weighted by atomic mass is 10.3. The summed E-state index contributed by atoms with van der Waals surface area (Å²) in [5.74, 6) is -0.713. The minimum atomic E-state index is -0.491. The quantitative estimate of drug-likeness (QED) is 0.735. The average Bonchev–Trinajstić information content (AvgIpc) is 2.16. The minimum Gasteiger partial charge on any atom is -0.369 e. The molecule has 0 fully saturated rings. The molecule has 0 bridgehead atoms. The number of carbonyl (C=O) groups is 2. The van der Waals surface area contributed by atoms with Crippen molar-refractivity contribution in [3.63, 3.8) is 0 Å². The molecule has 1 aromatic rings. The zero-order valence-corrected chi connectivity index (χ0v) is 10.1. The van der Waals surface area contributed by atoms with Crippen LogP contribution in [0.1, 0.15) is 0 Å². The van der Waals surface area contributed by atoms with Gasteiger partial charge in [-0.15, -0.1) is 0 Å². The normalized spacial score (nSPS) is 9.81. The van der Waals surface area contributed by atoms with Crippen molar-refractivity contribution in [2.45, 2.75) is 0 Å². The summed E-state index contributed by atoms with van der Waals surface area (Å²) in [5.41, 5.74) is 5.61. The summed E-state index contributed by atoms with van der Waals surface area (Å²) < 4.78 is 0.885. The van der Waals surface area contributed by atoms with Gasteiger partial charge in [-0.25, -0.2) is 0 Å². The number of benzene rings is 1. The van der Waals surface area contributed by atoms with E-state index in [4.69, 9.17) is 5.73 Å². The first-order valence-corrected chi connectivity index (χ1v) is 5.41. The number of rotatable bonds is 5. The van der Waals surface area contributed by atoms with Crippen molar-refractivity contribution < 1.29 is 9.59 Å². The maximum Gasteiger partial charge on any atom is 0.238 e. The molecule has 0 unspecified atom stereocenters. The van der Waals surface area contributed by atoms with Crippen molar-refractivity contribution in [2.75, 3.05) is 18.4 Å². The molecule has 4 N–H and O–H groups in total. The number of hydrogen-bond acceptors (Lipinski definition) is 3. The molecule has 0 saturated heterocycles. The van der Waals surface area contributed by atoms with Gasteiger partial charge in [-0.05, 0) is 18.2 Å². The van der Waals surface area contributed by atoms with Crippen LogP contribution in [0.25, 0.3) is 0 Å². The fourth-order valence-electron chi connectivity index (χ4n) is 1.07. The Bertz CT molecular complexity index is 395. The Labute approximate surface area is 102 Å². The van der Waals surface area contributed by atoms with Crippen LogP contribution in [0.15, 0.2) is 28.7 Å². The highest BCUT2D eigenvalue weighted by Crippen LogP contribution is 2.15. The van der Waals surface area contributed by atoms with Crippen molar-refractivity contribution in [3.05, 3.63) is 28.7 Å². The van der Waals surface area contributed by atoms with Crippen LogP contribution in [0, 0.1) is 0 Å². The van der Waals surface area contributed by atoms with Gasteiger partial charge in [0.1, 0.15) is 0 Å². The highest BCUT2D eigenvalue weighted by Gasteiger charge is 2.02. The monoisotopic (exact) mass is 285 g/mol. The van der Waals surface area contributed by atoms with E-state index in [0.717, 1.165) is 4.47 Å². The average molecular weight is 286 g/mol. The molecule has 0 atom stereocenters. The summed E-state index contributed by atoms with van der Waals surface area (Å²) in [6.45, 7) is 0.0430. The number of nitrogens with one attached hydrogen (secondary N) is 2. The fourth-order valence-corrected chi connectivity index (χ4v) is 1.47. The lowest BCUT2D eigenvalue weighted by molar-refractivity contribution is -0.117. The third-order valence-electron chi connectivity index (χ3n) is 1.69. The van der Waals surface area contributed by atoms with Gasteiger partial charge in [-0.3, -0.25) is 14.9 Å². The molecular formula is C10H12BrN3O2. The summed E-state index contributed by atoms with van der Waals surface area (Å²) >= 11 is 3.30. The van der Waals surface area contributed by atoms with Gasteiger partial charge < -0.3 is 11.1 Å². The molecule has 86 valence electrons. The lowest BCUT2D eigenvalue weighted by Crippen LogP contribution is -2.34. The number of anilines is 1. The topological polar surface area (TPSA) is 84.2 Å². The maximum atomic E-state index is 11.4. The predicted octanol–water partition coefficient (Wildman–Crippen LogP) is 0.462. The zero-order valence-electron chi connectivity index (χ0n) is 8.50. The number of nitrogens with two attached hydrogens (primary N) is 1. The largest absolute Gasteiger partial charge is 0.369 e. The van der Waals surface area contributed by atoms with E-state index >= 15 is 0 Å². The van der Waals surface area contributed by atoms with Crippen molar-refractivity contribution >= 4 is 33.4 Å². The number of amides is 2. The number of hydrogen-bond donors (Lipinski definition) is 3. The van der Waals surface area contributed by atoms with Gasteiger partial charge in [0.05, 0.1) is 13.1 Å². The Morgan fingerprint density at radius 3 is 2.69 bits per heavy atom. The van der Waals surface area contributed by atoms with Crippen LogP contribution in [-0.2, 0) is 9.59 Å². The third-order valence-corrected chi connectivity index (χ3v) is 2.19. The van der Waals surface area contributed by atoms with Crippen molar-refractivity contribution in [1.82, 2.24) is 5.32 Å². The Hall–Kier alpha value is -1.40. The van der Waals surface area contributed by atoms with Crippen LogP contribution < -0.4 is 16.4 Å². The highest BCUT2D eigenvalue weighted by atomic mass is 79.9. The molecule has 1 rings (SSSR count). The molecule has 5 nitrogen and oxygen atoms in total. The zero-order chi connectivity index (χ0) is 12.0. The number of primary amides is 1. The van der Waals surface area contributed by atoms with Gasteiger partial charge in [0.2, 0.25) is 11.8 Å². The van der Waals surface area contributed by atoms with Gasteiger partial charge in [0.15, 0.2) is 0 Å². The molecule has 0 spiro atoms. The standard InChI is InChI=1S/C10H12BrN3O2/c11-7-2-1-3-8(4-7)14-10(16)6-13-5-9(12)15/h1-4,13H,5-6H2,(H2,12,15)(H,14,16).